The molecule has 2 rings (SSSR count). The third kappa shape index (κ3) is 2.30. The molecule has 88 valence electrons. The summed E-state index contributed by atoms with van der Waals surface area (Å²) in [5.41, 5.74) is 1.22. The Bertz CT molecular complexity index is 506. The molecular weight excluding hydrogens is 216 g/mol. The van der Waals surface area contributed by atoms with E-state index in [9.17, 15) is 9.90 Å². The van der Waals surface area contributed by atoms with Crippen LogP contribution in [0.4, 0.5) is 5.69 Å². The van der Waals surface area contributed by atoms with E-state index in [1.54, 1.807) is 47.5 Å². The number of hydrogen-bond donors (Lipinski definition) is 2. The number of carbonyl (C=O) groups is 1. The number of rotatable bonds is 3. The van der Waals surface area contributed by atoms with Gasteiger partial charge in [-0.25, -0.2) is 0 Å². The number of phenolic OH excluding ortho intramolecular Hbond substituents is 1. The highest BCUT2D eigenvalue weighted by Crippen LogP contribution is 2.21. The summed E-state index contributed by atoms with van der Waals surface area (Å²) in [5.74, 6) is 0.0448. The molecule has 2 aromatic rings. The standard InChI is InChI=1S/C13H14N2O2/c1-2-15(10-5-3-6-11(16)9-10)13(17)12-7-4-8-14-12/h3-9,14,16H,2H2,1H3. The highest BCUT2D eigenvalue weighted by molar-refractivity contribution is 6.04. The second kappa shape index (κ2) is 4.74. The van der Waals surface area contributed by atoms with Crippen LogP contribution in [0.3, 0.4) is 0 Å². The van der Waals surface area contributed by atoms with Gasteiger partial charge in [-0.3, -0.25) is 4.79 Å². The van der Waals surface area contributed by atoms with Crippen molar-refractivity contribution in [2.75, 3.05) is 11.4 Å². The number of anilines is 1. The molecule has 2 N–H and O–H groups in total. The van der Waals surface area contributed by atoms with E-state index < -0.39 is 0 Å². The van der Waals surface area contributed by atoms with Crippen LogP contribution >= 0.6 is 0 Å². The Morgan fingerprint density at radius 3 is 2.76 bits per heavy atom. The zero-order valence-corrected chi connectivity index (χ0v) is 9.55. The molecule has 1 amide bonds. The maximum Gasteiger partial charge on any atom is 0.274 e. The predicted molar refractivity (Wildman–Crippen MR) is 66.3 cm³/mol. The number of hydrogen-bond acceptors (Lipinski definition) is 2. The molecule has 0 saturated carbocycles. The predicted octanol–water partition coefficient (Wildman–Crippen LogP) is 2.39. The monoisotopic (exact) mass is 230 g/mol. The number of amides is 1. The number of aromatic amines is 1. The summed E-state index contributed by atoms with van der Waals surface area (Å²) < 4.78 is 0. The van der Waals surface area contributed by atoms with Crippen LogP contribution in [0, 0.1) is 0 Å². The van der Waals surface area contributed by atoms with Crippen molar-refractivity contribution in [3.63, 3.8) is 0 Å². The first-order valence-corrected chi connectivity index (χ1v) is 5.46. The SMILES string of the molecule is CCN(C(=O)c1ccc[nH]1)c1cccc(O)c1. The summed E-state index contributed by atoms with van der Waals surface area (Å²) in [6, 6.07) is 10.2. The number of benzene rings is 1. The van der Waals surface area contributed by atoms with Gasteiger partial charge in [0.05, 0.1) is 0 Å². The third-order valence-electron chi connectivity index (χ3n) is 2.53. The maximum atomic E-state index is 12.2. The number of aromatic nitrogens is 1. The van der Waals surface area contributed by atoms with Crippen LogP contribution in [0.15, 0.2) is 42.6 Å². The molecular formula is C13H14N2O2. The summed E-state index contributed by atoms with van der Waals surface area (Å²) >= 11 is 0. The topological polar surface area (TPSA) is 56.3 Å². The number of H-pyrrole nitrogens is 1. The molecule has 1 heterocycles. The molecule has 0 aliphatic heterocycles. The van der Waals surface area contributed by atoms with Crippen molar-refractivity contribution in [3.05, 3.63) is 48.3 Å². The summed E-state index contributed by atoms with van der Waals surface area (Å²) in [6.07, 6.45) is 1.71. The van der Waals surface area contributed by atoms with Gasteiger partial charge in [-0.15, -0.1) is 0 Å². The minimum absolute atomic E-state index is 0.108. The quantitative estimate of drug-likeness (QED) is 0.850. The van der Waals surface area contributed by atoms with Crippen LogP contribution in [-0.4, -0.2) is 22.5 Å². The lowest BCUT2D eigenvalue weighted by atomic mass is 10.2. The highest BCUT2D eigenvalue weighted by Gasteiger charge is 2.16. The van der Waals surface area contributed by atoms with Crippen molar-refractivity contribution in [1.29, 1.82) is 0 Å². The fourth-order valence-electron chi connectivity index (χ4n) is 1.71. The van der Waals surface area contributed by atoms with E-state index in [0.29, 0.717) is 17.9 Å². The van der Waals surface area contributed by atoms with Crippen molar-refractivity contribution in [3.8, 4) is 5.75 Å². The van der Waals surface area contributed by atoms with Gasteiger partial charge < -0.3 is 15.0 Å². The van der Waals surface area contributed by atoms with Gasteiger partial charge in [0.15, 0.2) is 0 Å². The largest absolute Gasteiger partial charge is 0.508 e. The minimum Gasteiger partial charge on any atom is -0.508 e. The lowest BCUT2D eigenvalue weighted by molar-refractivity contribution is 0.0984. The van der Waals surface area contributed by atoms with E-state index in [2.05, 4.69) is 4.98 Å². The zero-order chi connectivity index (χ0) is 12.3. The van der Waals surface area contributed by atoms with Crippen molar-refractivity contribution in [2.45, 2.75) is 6.92 Å². The minimum atomic E-state index is -0.108. The van der Waals surface area contributed by atoms with Gasteiger partial charge in [0, 0.05) is 24.5 Å². The van der Waals surface area contributed by atoms with Crippen LogP contribution in [-0.2, 0) is 0 Å². The number of nitrogens with one attached hydrogen (secondary N) is 1. The van der Waals surface area contributed by atoms with Gasteiger partial charge in [0.1, 0.15) is 11.4 Å². The molecule has 4 heteroatoms. The Hall–Kier alpha value is -2.23. The molecule has 0 saturated heterocycles. The second-order valence-electron chi connectivity index (χ2n) is 3.65. The molecule has 0 aliphatic rings. The van der Waals surface area contributed by atoms with Crippen LogP contribution in [0.1, 0.15) is 17.4 Å². The summed E-state index contributed by atoms with van der Waals surface area (Å²) in [4.78, 5) is 16.6. The van der Waals surface area contributed by atoms with Crippen molar-refractivity contribution in [1.82, 2.24) is 4.98 Å². The Balaban J connectivity index is 2.31. The average Bonchev–Trinajstić information content (AvgIpc) is 2.83. The molecule has 0 atom stereocenters. The lowest BCUT2D eigenvalue weighted by Gasteiger charge is -2.20. The number of aromatic hydroxyl groups is 1. The Labute approximate surface area is 99.5 Å². The van der Waals surface area contributed by atoms with E-state index in [1.807, 2.05) is 6.92 Å². The normalized spacial score (nSPS) is 10.2. The second-order valence-corrected chi connectivity index (χ2v) is 3.65. The molecule has 1 aromatic carbocycles. The molecule has 0 bridgehead atoms. The molecule has 0 unspecified atom stereocenters. The lowest BCUT2D eigenvalue weighted by Crippen LogP contribution is -2.30. The molecule has 0 aliphatic carbocycles. The van der Waals surface area contributed by atoms with Crippen LogP contribution < -0.4 is 4.90 Å². The Morgan fingerprint density at radius 2 is 2.18 bits per heavy atom. The maximum absolute atomic E-state index is 12.2. The first kappa shape index (κ1) is 11.3. The van der Waals surface area contributed by atoms with E-state index >= 15 is 0 Å². The van der Waals surface area contributed by atoms with Gasteiger partial charge >= 0.3 is 0 Å². The van der Waals surface area contributed by atoms with Crippen molar-refractivity contribution < 1.29 is 9.90 Å². The summed E-state index contributed by atoms with van der Waals surface area (Å²) in [7, 11) is 0. The van der Waals surface area contributed by atoms with Crippen molar-refractivity contribution >= 4 is 11.6 Å². The van der Waals surface area contributed by atoms with Gasteiger partial charge in [0.25, 0.3) is 5.91 Å². The van der Waals surface area contributed by atoms with E-state index in [1.165, 1.54) is 0 Å². The first-order valence-electron chi connectivity index (χ1n) is 5.46. The smallest absolute Gasteiger partial charge is 0.274 e. The first-order chi connectivity index (χ1) is 8.22. The Morgan fingerprint density at radius 1 is 1.35 bits per heavy atom. The van der Waals surface area contributed by atoms with E-state index in [0.717, 1.165) is 0 Å². The average molecular weight is 230 g/mol. The van der Waals surface area contributed by atoms with Crippen LogP contribution in [0.5, 0.6) is 5.75 Å². The third-order valence-corrected chi connectivity index (χ3v) is 2.53. The summed E-state index contributed by atoms with van der Waals surface area (Å²) in [6.45, 7) is 2.44. The molecule has 1 aromatic heterocycles. The molecule has 0 spiro atoms. The van der Waals surface area contributed by atoms with Crippen LogP contribution in [0.25, 0.3) is 0 Å². The van der Waals surface area contributed by atoms with Gasteiger partial charge in [-0.2, -0.15) is 0 Å². The van der Waals surface area contributed by atoms with Gasteiger partial charge in [-0.05, 0) is 31.2 Å². The molecule has 0 fully saturated rings. The van der Waals surface area contributed by atoms with Gasteiger partial charge in [0.2, 0.25) is 0 Å². The highest BCUT2D eigenvalue weighted by atomic mass is 16.3. The molecule has 4 nitrogen and oxygen atoms in total. The van der Waals surface area contributed by atoms with E-state index in [4.69, 9.17) is 0 Å². The molecule has 17 heavy (non-hydrogen) atoms. The fourth-order valence-corrected chi connectivity index (χ4v) is 1.71. The molecule has 0 radical (unpaired) electrons. The summed E-state index contributed by atoms with van der Waals surface area (Å²) in [5, 5.41) is 9.42. The number of carbonyl (C=O) groups excluding carboxylic acids is 1. The zero-order valence-electron chi connectivity index (χ0n) is 9.55. The van der Waals surface area contributed by atoms with Gasteiger partial charge in [-0.1, -0.05) is 6.07 Å². The fraction of sp³-hybridized carbons (Fsp3) is 0.154. The number of nitrogens with zero attached hydrogens (tertiary/aromatic N) is 1. The van der Waals surface area contributed by atoms with Crippen LogP contribution in [0.2, 0.25) is 0 Å². The van der Waals surface area contributed by atoms with E-state index in [-0.39, 0.29) is 11.7 Å². The van der Waals surface area contributed by atoms with Crippen molar-refractivity contribution in [2.24, 2.45) is 0 Å². The Kier molecular flexibility index (Phi) is 3.14. The number of phenols is 1.